The van der Waals surface area contributed by atoms with Crippen LogP contribution in [0.15, 0.2) is 72.8 Å². The average molecular weight is 450 g/mol. The van der Waals surface area contributed by atoms with Crippen molar-refractivity contribution in [2.24, 2.45) is 5.92 Å². The number of ether oxygens (including phenoxy) is 1. The summed E-state index contributed by atoms with van der Waals surface area (Å²) in [4.78, 5) is 3.10. The first-order valence-electron chi connectivity index (χ1n) is 11.1. The van der Waals surface area contributed by atoms with Crippen molar-refractivity contribution in [2.75, 3.05) is 12.0 Å². The molecule has 4 rings (SSSR count). The van der Waals surface area contributed by atoms with Crippen LogP contribution in [0.4, 0.5) is 10.1 Å². The van der Waals surface area contributed by atoms with Gasteiger partial charge in [-0.3, -0.25) is 0 Å². The Morgan fingerprint density at radius 3 is 2.47 bits per heavy atom. The molecule has 0 bridgehead atoms. The minimum atomic E-state index is -0.198. The Bertz CT molecular complexity index is 1060. The van der Waals surface area contributed by atoms with E-state index in [9.17, 15) is 9.50 Å². The number of nitrogens with zero attached hydrogens (tertiary/aromatic N) is 1. The summed E-state index contributed by atoms with van der Waals surface area (Å²) in [6, 6.07) is 22.4. The third-order valence-corrected chi connectivity index (χ3v) is 6.59. The first-order chi connectivity index (χ1) is 15.6. The van der Waals surface area contributed by atoms with Gasteiger partial charge in [0.1, 0.15) is 17.3 Å². The molecule has 1 aliphatic heterocycles. The fourth-order valence-corrected chi connectivity index (χ4v) is 5.07. The van der Waals surface area contributed by atoms with Gasteiger partial charge in [-0.25, -0.2) is 4.39 Å². The lowest BCUT2D eigenvalue weighted by Crippen LogP contribution is -2.28. The van der Waals surface area contributed by atoms with Crippen LogP contribution in [-0.2, 0) is 6.42 Å². The number of unbranched alkanes of at least 4 members (excludes halogenated alkanes) is 1. The van der Waals surface area contributed by atoms with Gasteiger partial charge >= 0.3 is 0 Å². The van der Waals surface area contributed by atoms with Crippen molar-refractivity contribution in [1.29, 1.82) is 0 Å². The Labute approximate surface area is 194 Å². The highest BCUT2D eigenvalue weighted by atomic mass is 32.1. The van der Waals surface area contributed by atoms with Gasteiger partial charge in [0.25, 0.3) is 0 Å². The second-order valence-corrected chi connectivity index (χ2v) is 8.78. The Hall–Kier alpha value is -2.92. The molecule has 3 nitrogen and oxygen atoms in total. The number of rotatable bonds is 8. The number of hydrogen-bond donors (Lipinski definition) is 1. The van der Waals surface area contributed by atoms with Gasteiger partial charge < -0.3 is 14.7 Å². The highest BCUT2D eigenvalue weighted by Gasteiger charge is 2.40. The zero-order chi connectivity index (χ0) is 22.5. The molecule has 1 fully saturated rings. The minimum absolute atomic E-state index is 0.0263. The number of anilines is 1. The molecule has 0 aromatic heterocycles. The summed E-state index contributed by atoms with van der Waals surface area (Å²) < 4.78 is 18.4. The van der Waals surface area contributed by atoms with Gasteiger partial charge in [0.05, 0.1) is 18.1 Å². The van der Waals surface area contributed by atoms with Crippen molar-refractivity contribution < 1.29 is 14.2 Å². The van der Waals surface area contributed by atoms with Gasteiger partial charge in [0, 0.05) is 23.7 Å². The number of phenols is 1. The Balaban J connectivity index is 1.53. The van der Waals surface area contributed by atoms with Gasteiger partial charge in [0.15, 0.2) is 0 Å². The molecule has 0 radical (unpaired) electrons. The number of benzene rings is 3. The van der Waals surface area contributed by atoms with E-state index < -0.39 is 0 Å². The number of aromatic hydroxyl groups is 1. The zero-order valence-electron chi connectivity index (χ0n) is 18.2. The minimum Gasteiger partial charge on any atom is -0.507 e. The number of phenolic OH excluding ortho intramolecular Hbond substituents is 1. The molecule has 166 valence electrons. The van der Waals surface area contributed by atoms with Crippen molar-refractivity contribution in [1.82, 2.24) is 0 Å². The maximum Gasteiger partial charge on any atom is 0.124 e. The number of para-hydroxylation sites is 1. The second-order valence-electron chi connectivity index (χ2n) is 8.31. The van der Waals surface area contributed by atoms with Crippen LogP contribution in [0, 0.1) is 11.7 Å². The predicted molar refractivity (Wildman–Crippen MR) is 131 cm³/mol. The summed E-state index contributed by atoms with van der Waals surface area (Å²) in [7, 11) is 1.60. The first kappa shape index (κ1) is 22.3. The molecule has 5 heteroatoms. The molecule has 3 aromatic carbocycles. The van der Waals surface area contributed by atoms with E-state index in [-0.39, 0.29) is 17.6 Å². The lowest BCUT2D eigenvalue weighted by atomic mass is 9.88. The molecule has 0 amide bonds. The van der Waals surface area contributed by atoms with E-state index >= 15 is 0 Å². The summed E-state index contributed by atoms with van der Waals surface area (Å²) in [6.45, 7) is 0. The Kier molecular flexibility index (Phi) is 7.05. The third-order valence-electron chi connectivity index (χ3n) is 6.22. The lowest BCUT2D eigenvalue weighted by molar-refractivity contribution is 0.393. The molecule has 0 aliphatic carbocycles. The molecule has 1 N–H and O–H groups in total. The molecule has 0 saturated carbocycles. The van der Waals surface area contributed by atoms with E-state index in [2.05, 4.69) is 17.0 Å². The molecule has 32 heavy (non-hydrogen) atoms. The number of thiocarbonyl (C=S) groups is 1. The number of aryl methyl sites for hydroxylation is 1. The maximum atomic E-state index is 13.1. The van der Waals surface area contributed by atoms with Gasteiger partial charge in [-0.2, -0.15) is 0 Å². The average Bonchev–Trinajstić information content (AvgIpc) is 3.14. The second kappa shape index (κ2) is 10.1. The van der Waals surface area contributed by atoms with Crippen LogP contribution in [0.5, 0.6) is 11.5 Å². The number of halogens is 1. The Morgan fingerprint density at radius 1 is 1.03 bits per heavy atom. The quantitative estimate of drug-likeness (QED) is 0.301. The molecular weight excluding hydrogens is 421 g/mol. The normalized spacial score (nSPS) is 18.2. The molecule has 0 spiro atoms. The van der Waals surface area contributed by atoms with Crippen molar-refractivity contribution in [3.8, 4) is 11.5 Å². The van der Waals surface area contributed by atoms with E-state index in [0.717, 1.165) is 53.9 Å². The van der Waals surface area contributed by atoms with E-state index in [0.29, 0.717) is 11.7 Å². The van der Waals surface area contributed by atoms with Crippen LogP contribution in [0.1, 0.15) is 42.9 Å². The molecule has 1 heterocycles. The lowest BCUT2D eigenvalue weighted by Gasteiger charge is -2.30. The van der Waals surface area contributed by atoms with Crippen LogP contribution in [0.3, 0.4) is 0 Å². The maximum absolute atomic E-state index is 13.1. The van der Waals surface area contributed by atoms with Crippen molar-refractivity contribution in [3.05, 3.63) is 89.7 Å². The van der Waals surface area contributed by atoms with Crippen LogP contribution < -0.4 is 9.64 Å². The standard InChI is InChI=1S/C27H28FNO2S/c1-31-23-15-16-24(25(30)18-23)27-20(8-6-5-7-19-11-13-21(28)14-12-19)17-26(32)29(27)22-9-3-2-4-10-22/h2-4,9-16,18,20,27,30H,5-8,17H2,1H3. The third kappa shape index (κ3) is 4.94. The van der Waals surface area contributed by atoms with Crippen molar-refractivity contribution in [3.63, 3.8) is 0 Å². The number of methoxy groups -OCH3 is 1. The monoisotopic (exact) mass is 449 g/mol. The number of hydrogen-bond acceptors (Lipinski definition) is 3. The summed E-state index contributed by atoms with van der Waals surface area (Å²) >= 11 is 5.82. The molecule has 1 saturated heterocycles. The van der Waals surface area contributed by atoms with Crippen LogP contribution in [0.25, 0.3) is 0 Å². The highest BCUT2D eigenvalue weighted by Crippen LogP contribution is 2.47. The van der Waals surface area contributed by atoms with Crippen molar-refractivity contribution >= 4 is 22.9 Å². The van der Waals surface area contributed by atoms with Crippen molar-refractivity contribution in [2.45, 2.75) is 38.1 Å². The summed E-state index contributed by atoms with van der Waals surface area (Å²) in [5.41, 5.74) is 3.08. The summed E-state index contributed by atoms with van der Waals surface area (Å²) in [5, 5.41) is 10.8. The smallest absolute Gasteiger partial charge is 0.124 e. The van der Waals surface area contributed by atoms with E-state index in [1.807, 2.05) is 42.5 Å². The van der Waals surface area contributed by atoms with Gasteiger partial charge in [0.2, 0.25) is 0 Å². The van der Waals surface area contributed by atoms with Gasteiger partial charge in [-0.15, -0.1) is 0 Å². The predicted octanol–water partition coefficient (Wildman–Crippen LogP) is 6.85. The summed E-state index contributed by atoms with van der Waals surface area (Å²) in [6.07, 6.45) is 4.82. The van der Waals surface area contributed by atoms with Gasteiger partial charge in [-0.1, -0.05) is 49.0 Å². The van der Waals surface area contributed by atoms with Crippen LogP contribution in [0.2, 0.25) is 0 Å². The highest BCUT2D eigenvalue weighted by molar-refractivity contribution is 7.80. The Morgan fingerprint density at radius 2 is 1.78 bits per heavy atom. The van der Waals surface area contributed by atoms with Gasteiger partial charge in [-0.05, 0) is 67.1 Å². The topological polar surface area (TPSA) is 32.7 Å². The van der Waals surface area contributed by atoms with E-state index in [1.54, 1.807) is 13.2 Å². The largest absolute Gasteiger partial charge is 0.507 e. The molecule has 1 aliphatic rings. The van der Waals surface area contributed by atoms with E-state index in [1.165, 1.54) is 12.1 Å². The SMILES string of the molecule is COc1ccc(C2C(CCCCc3ccc(F)cc3)CC(=S)N2c2ccccc2)c(O)c1. The van der Waals surface area contributed by atoms with Crippen LogP contribution in [-0.4, -0.2) is 17.2 Å². The molecule has 2 atom stereocenters. The van der Waals surface area contributed by atoms with E-state index in [4.69, 9.17) is 17.0 Å². The molecule has 2 unspecified atom stereocenters. The zero-order valence-corrected chi connectivity index (χ0v) is 19.0. The summed E-state index contributed by atoms with van der Waals surface area (Å²) in [5.74, 6) is 0.969. The van der Waals surface area contributed by atoms with Crippen LogP contribution >= 0.6 is 12.2 Å². The first-order valence-corrected chi connectivity index (χ1v) is 11.5. The molecule has 3 aromatic rings. The fraction of sp³-hybridized carbons (Fsp3) is 0.296. The fourth-order valence-electron chi connectivity index (χ4n) is 4.63. The molecular formula is C27H28FNO2S.